The smallest absolute Gasteiger partial charge is 0.265 e. The fourth-order valence-electron chi connectivity index (χ4n) is 2.24. The highest BCUT2D eigenvalue weighted by Gasteiger charge is 2.32. The van der Waals surface area contributed by atoms with Crippen LogP contribution in [0.5, 0.6) is 0 Å². The van der Waals surface area contributed by atoms with Crippen molar-refractivity contribution >= 4 is 40.1 Å². The Balaban J connectivity index is 2.12. The Hall–Kier alpha value is -1.69. The van der Waals surface area contributed by atoms with Gasteiger partial charge in [-0.05, 0) is 46.4 Å². The Morgan fingerprint density at radius 2 is 1.63 bits per heavy atom. The van der Waals surface area contributed by atoms with Crippen LogP contribution >= 0.6 is 22.6 Å². The second kappa shape index (κ2) is 4.77. The number of hydrogen-bond acceptors (Lipinski definition) is 2. The molecule has 0 saturated heterocycles. The molecular formula is C15H10INO2. The molecule has 0 N–H and O–H groups in total. The van der Waals surface area contributed by atoms with Crippen molar-refractivity contribution in [3.05, 3.63) is 63.2 Å². The van der Waals surface area contributed by atoms with E-state index in [1.165, 1.54) is 4.90 Å². The third kappa shape index (κ3) is 2.06. The first-order valence-corrected chi connectivity index (χ1v) is 6.96. The fourth-order valence-corrected chi connectivity index (χ4v) is 2.86. The molecule has 0 spiro atoms. The summed E-state index contributed by atoms with van der Waals surface area (Å²) >= 11 is 2.14. The molecule has 19 heavy (non-hydrogen) atoms. The topological polar surface area (TPSA) is 37.4 Å². The van der Waals surface area contributed by atoms with Gasteiger partial charge in [-0.25, -0.2) is 4.90 Å². The quantitative estimate of drug-likeness (QED) is 0.577. The van der Waals surface area contributed by atoms with Crippen molar-refractivity contribution in [2.45, 2.75) is 6.42 Å². The van der Waals surface area contributed by atoms with Gasteiger partial charge in [0.15, 0.2) is 0 Å². The van der Waals surface area contributed by atoms with E-state index >= 15 is 0 Å². The number of anilines is 1. The predicted octanol–water partition coefficient (Wildman–Crippen LogP) is 3.02. The minimum Gasteiger partial charge on any atom is -0.274 e. The zero-order chi connectivity index (χ0) is 13.4. The van der Waals surface area contributed by atoms with Crippen LogP contribution < -0.4 is 4.90 Å². The van der Waals surface area contributed by atoms with Gasteiger partial charge >= 0.3 is 0 Å². The van der Waals surface area contributed by atoms with E-state index in [9.17, 15) is 9.59 Å². The molecule has 0 bridgehead atoms. The van der Waals surface area contributed by atoms with Crippen molar-refractivity contribution in [3.63, 3.8) is 0 Å². The maximum Gasteiger partial charge on any atom is 0.265 e. The zero-order valence-corrected chi connectivity index (χ0v) is 12.1. The highest BCUT2D eigenvalue weighted by molar-refractivity contribution is 14.1. The molecule has 3 rings (SSSR count). The SMILES string of the molecule is O=C1Cc2ccccc2C(=O)N1c1ccccc1I. The highest BCUT2D eigenvalue weighted by Crippen LogP contribution is 2.28. The van der Waals surface area contributed by atoms with Gasteiger partial charge < -0.3 is 0 Å². The van der Waals surface area contributed by atoms with E-state index in [-0.39, 0.29) is 18.2 Å². The zero-order valence-electron chi connectivity index (χ0n) is 9.97. The second-order valence-electron chi connectivity index (χ2n) is 4.32. The van der Waals surface area contributed by atoms with Gasteiger partial charge in [0, 0.05) is 9.13 Å². The number of hydrogen-bond donors (Lipinski definition) is 0. The lowest BCUT2D eigenvalue weighted by Crippen LogP contribution is -2.42. The average molecular weight is 363 g/mol. The number of rotatable bonds is 1. The third-order valence-electron chi connectivity index (χ3n) is 3.14. The number of amides is 2. The van der Waals surface area contributed by atoms with Crippen molar-refractivity contribution in [2.24, 2.45) is 0 Å². The molecule has 0 saturated carbocycles. The van der Waals surface area contributed by atoms with Crippen LogP contribution in [0.15, 0.2) is 48.5 Å². The average Bonchev–Trinajstić information content (AvgIpc) is 2.41. The summed E-state index contributed by atoms with van der Waals surface area (Å²) in [6.07, 6.45) is 0.271. The van der Waals surface area contributed by atoms with Crippen molar-refractivity contribution in [2.75, 3.05) is 4.90 Å². The van der Waals surface area contributed by atoms with E-state index in [4.69, 9.17) is 0 Å². The van der Waals surface area contributed by atoms with Gasteiger partial charge in [0.05, 0.1) is 12.1 Å². The maximum absolute atomic E-state index is 12.5. The predicted molar refractivity (Wildman–Crippen MR) is 81.1 cm³/mol. The molecule has 4 heteroatoms. The van der Waals surface area contributed by atoms with E-state index in [1.54, 1.807) is 12.1 Å². The molecular weight excluding hydrogens is 353 g/mol. The van der Waals surface area contributed by atoms with Crippen molar-refractivity contribution in [3.8, 4) is 0 Å². The van der Waals surface area contributed by atoms with Crippen LogP contribution in [-0.4, -0.2) is 11.8 Å². The molecule has 0 aliphatic carbocycles. The summed E-state index contributed by atoms with van der Waals surface area (Å²) in [6, 6.07) is 14.7. The van der Waals surface area contributed by atoms with Crippen LogP contribution in [0.3, 0.4) is 0 Å². The first-order valence-electron chi connectivity index (χ1n) is 5.88. The number of fused-ring (bicyclic) bond motifs is 1. The van der Waals surface area contributed by atoms with Crippen LogP contribution in [0.1, 0.15) is 15.9 Å². The summed E-state index contributed by atoms with van der Waals surface area (Å²) in [5.41, 5.74) is 2.08. The highest BCUT2D eigenvalue weighted by atomic mass is 127. The molecule has 0 fully saturated rings. The molecule has 0 unspecified atom stereocenters. The lowest BCUT2D eigenvalue weighted by molar-refractivity contribution is -0.117. The molecule has 2 aromatic rings. The number of carbonyl (C=O) groups is 2. The molecule has 0 aromatic heterocycles. The summed E-state index contributed by atoms with van der Waals surface area (Å²) in [5.74, 6) is -0.413. The van der Waals surface area contributed by atoms with Crippen molar-refractivity contribution in [1.29, 1.82) is 0 Å². The van der Waals surface area contributed by atoms with Gasteiger partial charge in [-0.2, -0.15) is 0 Å². The number of imide groups is 1. The summed E-state index contributed by atoms with van der Waals surface area (Å²) < 4.78 is 0.890. The lowest BCUT2D eigenvalue weighted by atomic mass is 9.98. The second-order valence-corrected chi connectivity index (χ2v) is 5.48. The molecule has 1 heterocycles. The molecule has 1 aliphatic rings. The van der Waals surface area contributed by atoms with E-state index in [2.05, 4.69) is 22.6 Å². The summed E-state index contributed by atoms with van der Waals surface area (Å²) in [7, 11) is 0. The monoisotopic (exact) mass is 363 g/mol. The maximum atomic E-state index is 12.5. The molecule has 3 nitrogen and oxygen atoms in total. The number of para-hydroxylation sites is 1. The van der Waals surface area contributed by atoms with E-state index < -0.39 is 0 Å². The van der Waals surface area contributed by atoms with Crippen LogP contribution in [0.2, 0.25) is 0 Å². The summed E-state index contributed by atoms with van der Waals surface area (Å²) in [5, 5.41) is 0. The first-order chi connectivity index (χ1) is 9.18. The Labute approximate surface area is 124 Å². The van der Waals surface area contributed by atoms with Gasteiger partial charge in [-0.3, -0.25) is 9.59 Å². The number of halogens is 1. The Morgan fingerprint density at radius 3 is 2.42 bits per heavy atom. The minimum atomic E-state index is -0.240. The van der Waals surface area contributed by atoms with Crippen LogP contribution in [0.4, 0.5) is 5.69 Å². The first kappa shape index (κ1) is 12.3. The third-order valence-corrected chi connectivity index (χ3v) is 4.05. The number of carbonyl (C=O) groups excluding carboxylic acids is 2. The van der Waals surface area contributed by atoms with E-state index in [0.29, 0.717) is 11.3 Å². The molecule has 0 atom stereocenters. The lowest BCUT2D eigenvalue weighted by Gasteiger charge is -2.27. The minimum absolute atomic E-state index is 0.173. The standard InChI is InChI=1S/C15H10INO2/c16-12-7-3-4-8-13(12)17-14(18)9-10-5-1-2-6-11(10)15(17)19/h1-8H,9H2. The van der Waals surface area contributed by atoms with Gasteiger partial charge in [-0.15, -0.1) is 0 Å². The van der Waals surface area contributed by atoms with E-state index in [0.717, 1.165) is 9.13 Å². The molecule has 2 amide bonds. The van der Waals surface area contributed by atoms with Gasteiger partial charge in [0.25, 0.3) is 5.91 Å². The van der Waals surface area contributed by atoms with Gasteiger partial charge in [0.2, 0.25) is 5.91 Å². The van der Waals surface area contributed by atoms with Crippen molar-refractivity contribution in [1.82, 2.24) is 0 Å². The van der Waals surface area contributed by atoms with Crippen LogP contribution in [-0.2, 0) is 11.2 Å². The molecule has 1 aliphatic heterocycles. The number of benzene rings is 2. The summed E-state index contributed by atoms with van der Waals surface area (Å²) in [6.45, 7) is 0. The van der Waals surface area contributed by atoms with Crippen LogP contribution in [0, 0.1) is 3.57 Å². The molecule has 94 valence electrons. The van der Waals surface area contributed by atoms with Crippen molar-refractivity contribution < 1.29 is 9.59 Å². The van der Waals surface area contributed by atoms with E-state index in [1.807, 2.05) is 36.4 Å². The Bertz CT molecular complexity index is 681. The largest absolute Gasteiger partial charge is 0.274 e. The normalized spacial score (nSPS) is 14.5. The molecule has 0 radical (unpaired) electrons. The Morgan fingerprint density at radius 1 is 0.947 bits per heavy atom. The molecule has 2 aromatic carbocycles. The van der Waals surface area contributed by atoms with Gasteiger partial charge in [0.1, 0.15) is 0 Å². The Kier molecular flexibility index (Phi) is 3.10. The van der Waals surface area contributed by atoms with Crippen LogP contribution in [0.25, 0.3) is 0 Å². The van der Waals surface area contributed by atoms with Gasteiger partial charge in [-0.1, -0.05) is 30.3 Å². The fraction of sp³-hybridized carbons (Fsp3) is 0.0667. The number of nitrogens with zero attached hydrogens (tertiary/aromatic N) is 1. The summed E-state index contributed by atoms with van der Waals surface area (Å²) in [4.78, 5) is 26.0.